The fraction of sp³-hybridized carbons (Fsp3) is 0.263. The number of nitrogens with zero attached hydrogens (tertiary/aromatic N) is 2. The van der Waals surface area contributed by atoms with E-state index in [1.165, 1.54) is 6.07 Å². The number of oxazole rings is 1. The highest BCUT2D eigenvalue weighted by Gasteiger charge is 2.10. The minimum Gasteiger partial charge on any atom is -0.443 e. The molecule has 3 aromatic rings. The molecule has 0 saturated heterocycles. The molecule has 2 aromatic heterocycles. The molecule has 0 unspecified atom stereocenters. The molecule has 0 atom stereocenters. The van der Waals surface area contributed by atoms with Gasteiger partial charge in [-0.2, -0.15) is 8.78 Å². The molecule has 0 aliphatic carbocycles. The zero-order valence-corrected chi connectivity index (χ0v) is 16.0. The lowest BCUT2D eigenvalue weighted by atomic mass is 10.2. The number of hydrogen-bond acceptors (Lipinski definition) is 5. The van der Waals surface area contributed by atoms with E-state index in [9.17, 15) is 8.78 Å². The molecule has 2 N–H and O–H groups in total. The van der Waals surface area contributed by atoms with Crippen LogP contribution in [0.3, 0.4) is 0 Å². The summed E-state index contributed by atoms with van der Waals surface area (Å²) in [5.74, 6) is 1.23. The molecule has 6 nitrogen and oxygen atoms in total. The highest BCUT2D eigenvalue weighted by molar-refractivity contribution is 7.13. The molecule has 3 rings (SSSR count). The molecule has 148 valence electrons. The van der Waals surface area contributed by atoms with Gasteiger partial charge in [-0.3, -0.25) is 0 Å². The van der Waals surface area contributed by atoms with Crippen molar-refractivity contribution in [2.45, 2.75) is 26.6 Å². The first kappa shape index (κ1) is 19.8. The maximum absolute atomic E-state index is 12.5. The van der Waals surface area contributed by atoms with Crippen LogP contribution in [0.25, 0.3) is 10.8 Å². The van der Waals surface area contributed by atoms with Gasteiger partial charge in [0.25, 0.3) is 0 Å². The van der Waals surface area contributed by atoms with Crippen molar-refractivity contribution in [3.8, 4) is 16.5 Å². The molecule has 1 aromatic carbocycles. The van der Waals surface area contributed by atoms with Gasteiger partial charge in [0.15, 0.2) is 5.96 Å². The number of hydrogen-bond donors (Lipinski definition) is 2. The molecule has 9 heteroatoms. The van der Waals surface area contributed by atoms with E-state index >= 15 is 0 Å². The predicted octanol–water partition coefficient (Wildman–Crippen LogP) is 4.26. The molecule has 0 aliphatic rings. The SMILES string of the molecule is CCNC(=NCc1ccccc1OC(F)F)NCc1coc(-c2cccs2)n1. The predicted molar refractivity (Wildman–Crippen MR) is 105 cm³/mol. The molecule has 28 heavy (non-hydrogen) atoms. The van der Waals surface area contributed by atoms with Crippen molar-refractivity contribution in [2.75, 3.05) is 6.54 Å². The van der Waals surface area contributed by atoms with Crippen LogP contribution in [0.5, 0.6) is 5.75 Å². The Bertz CT molecular complexity index is 897. The van der Waals surface area contributed by atoms with Crippen molar-refractivity contribution in [1.82, 2.24) is 15.6 Å². The van der Waals surface area contributed by atoms with Crippen molar-refractivity contribution in [1.29, 1.82) is 0 Å². The van der Waals surface area contributed by atoms with Gasteiger partial charge in [0, 0.05) is 12.1 Å². The van der Waals surface area contributed by atoms with Crippen LogP contribution in [0.1, 0.15) is 18.2 Å². The zero-order valence-electron chi connectivity index (χ0n) is 15.2. The second-order valence-electron chi connectivity index (χ2n) is 5.66. The Balaban J connectivity index is 1.63. The average molecular weight is 406 g/mol. The Morgan fingerprint density at radius 1 is 1.25 bits per heavy atom. The minimum atomic E-state index is -2.87. The molecule has 0 fully saturated rings. The van der Waals surface area contributed by atoms with Crippen LogP contribution in [0.4, 0.5) is 8.78 Å². The second-order valence-corrected chi connectivity index (χ2v) is 6.60. The van der Waals surface area contributed by atoms with Gasteiger partial charge in [-0.05, 0) is 24.4 Å². The number of rotatable bonds is 8. The third-order valence-corrected chi connectivity index (χ3v) is 4.52. The van der Waals surface area contributed by atoms with Gasteiger partial charge in [0.05, 0.1) is 23.7 Å². The Morgan fingerprint density at radius 2 is 2.11 bits per heavy atom. The number of ether oxygens (including phenoxy) is 1. The number of para-hydroxylation sites is 1. The van der Waals surface area contributed by atoms with E-state index in [2.05, 4.69) is 25.3 Å². The fourth-order valence-electron chi connectivity index (χ4n) is 2.43. The molecule has 0 saturated carbocycles. The van der Waals surface area contributed by atoms with Gasteiger partial charge in [0.2, 0.25) is 5.89 Å². The number of guanidine groups is 1. The first-order valence-electron chi connectivity index (χ1n) is 8.69. The van der Waals surface area contributed by atoms with Crippen molar-refractivity contribution < 1.29 is 17.9 Å². The van der Waals surface area contributed by atoms with E-state index in [0.717, 1.165) is 10.6 Å². The number of aliphatic imine (C=N–C) groups is 1. The van der Waals surface area contributed by atoms with Gasteiger partial charge < -0.3 is 19.8 Å². The van der Waals surface area contributed by atoms with Gasteiger partial charge in [0.1, 0.15) is 12.0 Å². The van der Waals surface area contributed by atoms with Crippen LogP contribution >= 0.6 is 11.3 Å². The topological polar surface area (TPSA) is 71.7 Å². The van der Waals surface area contributed by atoms with E-state index < -0.39 is 6.61 Å². The van der Waals surface area contributed by atoms with E-state index in [-0.39, 0.29) is 12.3 Å². The van der Waals surface area contributed by atoms with E-state index in [4.69, 9.17) is 4.42 Å². The summed E-state index contributed by atoms with van der Waals surface area (Å²) in [6.07, 6.45) is 1.59. The summed E-state index contributed by atoms with van der Waals surface area (Å²) in [5.41, 5.74) is 1.30. The molecular formula is C19H20F2N4O2S. The summed E-state index contributed by atoms with van der Waals surface area (Å²) >= 11 is 1.56. The first-order chi connectivity index (χ1) is 13.7. The Hall–Kier alpha value is -2.94. The summed E-state index contributed by atoms with van der Waals surface area (Å²) in [4.78, 5) is 9.84. The molecule has 0 radical (unpaired) electrons. The van der Waals surface area contributed by atoms with Crippen LogP contribution in [0.15, 0.2) is 57.5 Å². The summed E-state index contributed by atoms with van der Waals surface area (Å²) < 4.78 is 35.1. The smallest absolute Gasteiger partial charge is 0.387 e. The maximum Gasteiger partial charge on any atom is 0.387 e. The number of halogens is 2. The van der Waals surface area contributed by atoms with Gasteiger partial charge in [-0.25, -0.2) is 9.98 Å². The average Bonchev–Trinajstić information content (AvgIpc) is 3.36. The van der Waals surface area contributed by atoms with Crippen LogP contribution in [-0.4, -0.2) is 24.1 Å². The Kier molecular flexibility index (Phi) is 6.96. The molecule has 0 bridgehead atoms. The number of nitrogens with one attached hydrogen (secondary N) is 2. The van der Waals surface area contributed by atoms with Crippen molar-refractivity contribution in [3.05, 3.63) is 59.3 Å². The lowest BCUT2D eigenvalue weighted by molar-refractivity contribution is -0.0504. The lowest BCUT2D eigenvalue weighted by Crippen LogP contribution is -2.36. The lowest BCUT2D eigenvalue weighted by Gasteiger charge is -2.12. The third kappa shape index (κ3) is 5.53. The number of aromatic nitrogens is 1. The minimum absolute atomic E-state index is 0.120. The van der Waals surface area contributed by atoms with E-state index in [1.807, 2.05) is 24.4 Å². The maximum atomic E-state index is 12.5. The van der Waals surface area contributed by atoms with Gasteiger partial charge >= 0.3 is 6.61 Å². The van der Waals surface area contributed by atoms with Crippen molar-refractivity contribution in [2.24, 2.45) is 4.99 Å². The monoisotopic (exact) mass is 406 g/mol. The van der Waals surface area contributed by atoms with Crippen molar-refractivity contribution in [3.63, 3.8) is 0 Å². The molecule has 2 heterocycles. The molecule has 0 amide bonds. The Labute approximate surface area is 165 Å². The Morgan fingerprint density at radius 3 is 2.86 bits per heavy atom. The zero-order chi connectivity index (χ0) is 19.8. The second kappa shape index (κ2) is 9.84. The van der Waals surface area contributed by atoms with Gasteiger partial charge in [-0.1, -0.05) is 24.3 Å². The van der Waals surface area contributed by atoms with Crippen LogP contribution < -0.4 is 15.4 Å². The number of benzene rings is 1. The standard InChI is InChI=1S/C19H20F2N4O2S/c1-2-22-19(23-10-13-6-3-4-7-15(13)27-18(20)21)24-11-14-12-26-17(25-14)16-8-5-9-28-16/h3-9,12,18H,2,10-11H2,1H3,(H2,22,23,24). The van der Waals surface area contributed by atoms with Crippen LogP contribution in [0, 0.1) is 0 Å². The van der Waals surface area contributed by atoms with Gasteiger partial charge in [-0.15, -0.1) is 11.3 Å². The summed E-state index contributed by atoms with van der Waals surface area (Å²) in [7, 11) is 0. The highest BCUT2D eigenvalue weighted by atomic mass is 32.1. The summed E-state index contributed by atoms with van der Waals surface area (Å²) in [5, 5.41) is 8.23. The van der Waals surface area contributed by atoms with Crippen LogP contribution in [0.2, 0.25) is 0 Å². The summed E-state index contributed by atoms with van der Waals surface area (Å²) in [6.45, 7) is 0.324. The number of thiophene rings is 1. The quantitative estimate of drug-likeness (QED) is 0.432. The molecule has 0 aliphatic heterocycles. The normalized spacial score (nSPS) is 11.6. The van der Waals surface area contributed by atoms with Crippen molar-refractivity contribution >= 4 is 17.3 Å². The van der Waals surface area contributed by atoms with E-state index in [0.29, 0.717) is 30.5 Å². The number of alkyl halides is 2. The third-order valence-electron chi connectivity index (χ3n) is 3.66. The van der Waals surface area contributed by atoms with Crippen LogP contribution in [-0.2, 0) is 13.1 Å². The molecular weight excluding hydrogens is 386 g/mol. The largest absolute Gasteiger partial charge is 0.443 e. The molecule has 0 spiro atoms. The fourth-order valence-corrected chi connectivity index (χ4v) is 3.08. The summed E-state index contributed by atoms with van der Waals surface area (Å²) in [6, 6.07) is 10.5. The highest BCUT2D eigenvalue weighted by Crippen LogP contribution is 2.23. The first-order valence-corrected chi connectivity index (χ1v) is 9.57. The van der Waals surface area contributed by atoms with E-state index in [1.54, 1.807) is 35.8 Å².